The molecular formula is C22H24N2O4. The van der Waals surface area contributed by atoms with Gasteiger partial charge < -0.3 is 24.1 Å². The van der Waals surface area contributed by atoms with E-state index in [1.165, 1.54) is 11.3 Å². The predicted molar refractivity (Wildman–Crippen MR) is 107 cm³/mol. The Bertz CT molecular complexity index is 1020. The van der Waals surface area contributed by atoms with E-state index in [1.54, 1.807) is 21.3 Å². The van der Waals surface area contributed by atoms with E-state index in [1.807, 2.05) is 41.3 Å². The van der Waals surface area contributed by atoms with Gasteiger partial charge in [0.25, 0.3) is 0 Å². The first-order chi connectivity index (χ1) is 13.6. The van der Waals surface area contributed by atoms with Gasteiger partial charge in [-0.2, -0.15) is 0 Å². The third kappa shape index (κ3) is 3.26. The highest BCUT2D eigenvalue weighted by Gasteiger charge is 2.24. The van der Waals surface area contributed by atoms with Crippen LogP contribution in [0.4, 0.5) is 0 Å². The van der Waals surface area contributed by atoms with Crippen LogP contribution in [0.2, 0.25) is 0 Å². The molecule has 146 valence electrons. The Labute approximate surface area is 164 Å². The first kappa shape index (κ1) is 18.2. The van der Waals surface area contributed by atoms with Crippen LogP contribution in [-0.2, 0) is 24.2 Å². The minimum atomic E-state index is 0.107. The van der Waals surface area contributed by atoms with Crippen molar-refractivity contribution in [2.75, 3.05) is 27.9 Å². The molecular weight excluding hydrogens is 356 g/mol. The van der Waals surface area contributed by atoms with E-state index in [0.717, 1.165) is 28.6 Å². The molecule has 4 rings (SSSR count). The van der Waals surface area contributed by atoms with Crippen molar-refractivity contribution in [2.24, 2.45) is 0 Å². The van der Waals surface area contributed by atoms with Crippen molar-refractivity contribution < 1.29 is 19.0 Å². The Balaban J connectivity index is 1.54. The molecule has 0 saturated heterocycles. The van der Waals surface area contributed by atoms with Crippen LogP contribution in [-0.4, -0.2) is 43.7 Å². The third-order valence-corrected chi connectivity index (χ3v) is 5.34. The number of aromatic amines is 1. The van der Waals surface area contributed by atoms with Crippen molar-refractivity contribution in [1.82, 2.24) is 9.88 Å². The summed E-state index contributed by atoms with van der Waals surface area (Å²) in [5.41, 5.74) is 4.38. The zero-order chi connectivity index (χ0) is 19.7. The van der Waals surface area contributed by atoms with Crippen molar-refractivity contribution in [1.29, 1.82) is 0 Å². The molecule has 1 amide bonds. The summed E-state index contributed by atoms with van der Waals surface area (Å²) >= 11 is 0. The number of H-pyrrole nitrogens is 1. The quantitative estimate of drug-likeness (QED) is 0.738. The van der Waals surface area contributed by atoms with Crippen molar-refractivity contribution in [2.45, 2.75) is 19.4 Å². The fraction of sp³-hybridized carbons (Fsp3) is 0.318. The van der Waals surface area contributed by atoms with Crippen molar-refractivity contribution in [3.8, 4) is 17.2 Å². The molecule has 6 nitrogen and oxygen atoms in total. The van der Waals surface area contributed by atoms with E-state index in [2.05, 4.69) is 4.98 Å². The molecule has 1 N–H and O–H groups in total. The predicted octanol–water partition coefficient (Wildman–Crippen LogP) is 3.32. The van der Waals surface area contributed by atoms with Crippen LogP contribution < -0.4 is 14.2 Å². The molecule has 1 aromatic heterocycles. The van der Waals surface area contributed by atoms with Crippen LogP contribution in [0.1, 0.15) is 16.8 Å². The Hall–Kier alpha value is -3.15. The van der Waals surface area contributed by atoms with Gasteiger partial charge in [0.15, 0.2) is 11.5 Å². The van der Waals surface area contributed by atoms with Crippen molar-refractivity contribution in [3.63, 3.8) is 0 Å². The molecule has 1 aliphatic rings. The summed E-state index contributed by atoms with van der Waals surface area (Å²) in [5.74, 6) is 2.23. The monoisotopic (exact) mass is 380 g/mol. The number of methoxy groups -OCH3 is 3. The summed E-state index contributed by atoms with van der Waals surface area (Å²) in [6.45, 7) is 1.32. The smallest absolute Gasteiger partial charge is 0.227 e. The van der Waals surface area contributed by atoms with Crippen LogP contribution >= 0.6 is 0 Å². The second kappa shape index (κ2) is 7.46. The molecule has 0 radical (unpaired) electrons. The van der Waals surface area contributed by atoms with Gasteiger partial charge in [-0.1, -0.05) is 6.07 Å². The number of amides is 1. The molecule has 0 fully saturated rings. The van der Waals surface area contributed by atoms with Crippen LogP contribution in [0.3, 0.4) is 0 Å². The average Bonchev–Trinajstić information content (AvgIpc) is 3.10. The Morgan fingerprint density at radius 2 is 1.86 bits per heavy atom. The van der Waals surface area contributed by atoms with Gasteiger partial charge in [0.05, 0.1) is 27.8 Å². The minimum Gasteiger partial charge on any atom is -0.497 e. The van der Waals surface area contributed by atoms with Crippen molar-refractivity contribution >= 4 is 16.8 Å². The standard InChI is InChI=1S/C22H24N2O4/c1-26-15-5-6-18-16(12-15)17-13-24(9-8-19(17)23-18)22(25)11-14-4-7-20(27-2)21(10-14)28-3/h4-7,10,12,23H,8-9,11,13H2,1-3H3. The van der Waals surface area contributed by atoms with E-state index in [-0.39, 0.29) is 5.91 Å². The molecule has 0 bridgehead atoms. The van der Waals surface area contributed by atoms with Gasteiger partial charge in [-0.3, -0.25) is 4.79 Å². The molecule has 0 saturated carbocycles. The number of nitrogens with zero attached hydrogens (tertiary/aromatic N) is 1. The van der Waals surface area contributed by atoms with E-state index in [9.17, 15) is 4.79 Å². The lowest BCUT2D eigenvalue weighted by atomic mass is 10.0. The molecule has 0 spiro atoms. The molecule has 6 heteroatoms. The van der Waals surface area contributed by atoms with E-state index in [0.29, 0.717) is 31.0 Å². The summed E-state index contributed by atoms with van der Waals surface area (Å²) in [7, 11) is 4.87. The number of hydrogen-bond donors (Lipinski definition) is 1. The lowest BCUT2D eigenvalue weighted by Crippen LogP contribution is -2.36. The topological polar surface area (TPSA) is 63.8 Å². The number of fused-ring (bicyclic) bond motifs is 3. The second-order valence-electron chi connectivity index (χ2n) is 6.93. The summed E-state index contributed by atoms with van der Waals surface area (Å²) in [6.07, 6.45) is 1.16. The Morgan fingerprint density at radius 1 is 1.04 bits per heavy atom. The Morgan fingerprint density at radius 3 is 2.61 bits per heavy atom. The van der Waals surface area contributed by atoms with Crippen LogP contribution in [0.15, 0.2) is 36.4 Å². The fourth-order valence-corrected chi connectivity index (χ4v) is 3.81. The van der Waals surface area contributed by atoms with E-state index >= 15 is 0 Å². The molecule has 2 heterocycles. The third-order valence-electron chi connectivity index (χ3n) is 5.34. The average molecular weight is 380 g/mol. The minimum absolute atomic E-state index is 0.107. The SMILES string of the molecule is COc1ccc2[nH]c3c(c2c1)CN(C(=O)Cc1ccc(OC)c(OC)c1)CC3. The van der Waals surface area contributed by atoms with Gasteiger partial charge in [-0.15, -0.1) is 0 Å². The van der Waals surface area contributed by atoms with Gasteiger partial charge >= 0.3 is 0 Å². The fourth-order valence-electron chi connectivity index (χ4n) is 3.81. The summed E-state index contributed by atoms with van der Waals surface area (Å²) in [4.78, 5) is 18.3. The molecule has 3 aromatic rings. The molecule has 2 aromatic carbocycles. The molecule has 1 aliphatic heterocycles. The van der Waals surface area contributed by atoms with Crippen molar-refractivity contribution in [3.05, 3.63) is 53.2 Å². The first-order valence-corrected chi connectivity index (χ1v) is 9.29. The number of carbonyl (C=O) groups excluding carboxylic acids is 1. The molecule has 0 unspecified atom stereocenters. The summed E-state index contributed by atoms with van der Waals surface area (Å²) < 4.78 is 16.0. The van der Waals surface area contributed by atoms with Gasteiger partial charge in [0.2, 0.25) is 5.91 Å². The van der Waals surface area contributed by atoms with Crippen LogP contribution in [0.25, 0.3) is 10.9 Å². The second-order valence-corrected chi connectivity index (χ2v) is 6.93. The van der Waals surface area contributed by atoms with Gasteiger partial charge in [0.1, 0.15) is 5.75 Å². The number of aromatic nitrogens is 1. The molecule has 0 aliphatic carbocycles. The number of rotatable bonds is 5. The van der Waals surface area contributed by atoms with E-state index in [4.69, 9.17) is 14.2 Å². The zero-order valence-corrected chi connectivity index (χ0v) is 16.4. The number of nitrogens with one attached hydrogen (secondary N) is 1. The Kier molecular flexibility index (Phi) is 4.86. The maximum Gasteiger partial charge on any atom is 0.227 e. The number of hydrogen-bond acceptors (Lipinski definition) is 4. The zero-order valence-electron chi connectivity index (χ0n) is 16.4. The van der Waals surface area contributed by atoms with Crippen LogP contribution in [0.5, 0.6) is 17.2 Å². The maximum absolute atomic E-state index is 12.9. The van der Waals surface area contributed by atoms with Gasteiger partial charge in [-0.05, 0) is 35.9 Å². The van der Waals surface area contributed by atoms with Gasteiger partial charge in [0, 0.05) is 41.7 Å². The van der Waals surface area contributed by atoms with E-state index < -0.39 is 0 Å². The first-order valence-electron chi connectivity index (χ1n) is 9.29. The largest absolute Gasteiger partial charge is 0.497 e. The summed E-state index contributed by atoms with van der Waals surface area (Å²) in [6, 6.07) is 11.6. The summed E-state index contributed by atoms with van der Waals surface area (Å²) in [5, 5.41) is 1.12. The molecule has 0 atom stereocenters. The lowest BCUT2D eigenvalue weighted by molar-refractivity contribution is -0.131. The number of carbonyl (C=O) groups is 1. The number of ether oxygens (including phenoxy) is 3. The maximum atomic E-state index is 12.9. The highest BCUT2D eigenvalue weighted by atomic mass is 16.5. The lowest BCUT2D eigenvalue weighted by Gasteiger charge is -2.27. The number of benzene rings is 2. The highest BCUT2D eigenvalue weighted by Crippen LogP contribution is 2.31. The van der Waals surface area contributed by atoms with Crippen LogP contribution in [0, 0.1) is 0 Å². The van der Waals surface area contributed by atoms with Gasteiger partial charge in [-0.25, -0.2) is 0 Å². The normalized spacial score (nSPS) is 13.3. The molecule has 28 heavy (non-hydrogen) atoms. The highest BCUT2D eigenvalue weighted by molar-refractivity contribution is 5.87.